The summed E-state index contributed by atoms with van der Waals surface area (Å²) in [6, 6.07) is 7.18. The fraction of sp³-hybridized carbons (Fsp3) is 0.455. The van der Waals surface area contributed by atoms with Crippen molar-refractivity contribution in [2.45, 2.75) is 19.1 Å². The molecule has 1 aromatic rings. The van der Waals surface area contributed by atoms with E-state index >= 15 is 0 Å². The Hall–Kier alpha value is -1.23. The fourth-order valence-electron chi connectivity index (χ4n) is 1.37. The van der Waals surface area contributed by atoms with Gasteiger partial charge in [0.25, 0.3) is 0 Å². The van der Waals surface area contributed by atoms with Gasteiger partial charge in [0.15, 0.2) is 0 Å². The van der Waals surface area contributed by atoms with Crippen LogP contribution in [0.4, 0.5) is 18.9 Å². The number of nitrogens with zero attached hydrogens (tertiary/aromatic N) is 1. The predicted molar refractivity (Wildman–Crippen MR) is 57.9 cm³/mol. The summed E-state index contributed by atoms with van der Waals surface area (Å²) in [6.45, 7) is 0.417. The van der Waals surface area contributed by atoms with E-state index in [2.05, 4.69) is 0 Å². The van der Waals surface area contributed by atoms with Gasteiger partial charge < -0.3 is 10.6 Å². The molecule has 0 atom stereocenters. The summed E-state index contributed by atoms with van der Waals surface area (Å²) in [5.74, 6) is 0. The minimum atomic E-state index is -4.10. The normalized spacial score (nSPS) is 12.1. The number of nitrogens with two attached hydrogens (primary N) is 1. The van der Waals surface area contributed by atoms with Gasteiger partial charge in [-0.05, 0) is 18.7 Å². The third kappa shape index (κ3) is 4.53. The van der Waals surface area contributed by atoms with Gasteiger partial charge in [-0.25, -0.2) is 0 Å². The van der Waals surface area contributed by atoms with E-state index in [1.807, 2.05) is 12.1 Å². The van der Waals surface area contributed by atoms with Crippen LogP contribution in [-0.4, -0.2) is 24.7 Å². The van der Waals surface area contributed by atoms with Crippen LogP contribution in [0.5, 0.6) is 0 Å². The molecule has 0 fully saturated rings. The maximum atomic E-state index is 12.0. The summed E-state index contributed by atoms with van der Waals surface area (Å²) in [5, 5.41) is 0. The lowest BCUT2D eigenvalue weighted by atomic mass is 10.1. The second kappa shape index (κ2) is 5.21. The molecule has 1 rings (SSSR count). The third-order valence-corrected chi connectivity index (χ3v) is 2.27. The molecule has 2 N–H and O–H groups in total. The number of hydrogen-bond acceptors (Lipinski definition) is 2. The molecule has 5 heteroatoms. The molecular formula is C11H15F3N2. The molecular weight excluding hydrogens is 217 g/mol. The van der Waals surface area contributed by atoms with Crippen LogP contribution in [0.3, 0.4) is 0 Å². The maximum absolute atomic E-state index is 12.0. The molecule has 0 spiro atoms. The summed E-state index contributed by atoms with van der Waals surface area (Å²) in [7, 11) is 1.65. The lowest BCUT2D eigenvalue weighted by Crippen LogP contribution is -2.24. The summed E-state index contributed by atoms with van der Waals surface area (Å²) in [6.07, 6.45) is -4.90. The molecule has 0 saturated carbocycles. The van der Waals surface area contributed by atoms with Crippen molar-refractivity contribution in [2.24, 2.45) is 0 Å². The van der Waals surface area contributed by atoms with Crippen molar-refractivity contribution in [1.29, 1.82) is 0 Å². The van der Waals surface area contributed by atoms with Crippen LogP contribution in [0.25, 0.3) is 0 Å². The van der Waals surface area contributed by atoms with Gasteiger partial charge in [0.1, 0.15) is 0 Å². The Balaban J connectivity index is 2.46. The summed E-state index contributed by atoms with van der Waals surface area (Å²) in [4.78, 5) is 1.61. The molecule has 1 aromatic carbocycles. The molecule has 0 aliphatic heterocycles. The van der Waals surface area contributed by atoms with E-state index in [4.69, 9.17) is 5.73 Å². The van der Waals surface area contributed by atoms with E-state index in [1.54, 1.807) is 24.1 Å². The second-order valence-corrected chi connectivity index (χ2v) is 3.80. The first-order valence-corrected chi connectivity index (χ1v) is 4.97. The Morgan fingerprint density at radius 2 is 1.88 bits per heavy atom. The summed E-state index contributed by atoms with van der Waals surface area (Å²) >= 11 is 0. The molecule has 0 radical (unpaired) electrons. The monoisotopic (exact) mass is 232 g/mol. The average Bonchev–Trinajstić information content (AvgIpc) is 2.18. The smallest absolute Gasteiger partial charge is 0.390 e. The van der Waals surface area contributed by atoms with Crippen molar-refractivity contribution in [3.63, 3.8) is 0 Å². The highest BCUT2D eigenvalue weighted by atomic mass is 19.4. The minimum Gasteiger partial charge on any atom is -0.398 e. The van der Waals surface area contributed by atoms with Gasteiger partial charge in [-0.15, -0.1) is 0 Å². The number of anilines is 1. The second-order valence-electron chi connectivity index (χ2n) is 3.80. The highest BCUT2D eigenvalue weighted by Gasteiger charge is 2.27. The molecule has 0 aromatic heterocycles. The zero-order valence-electron chi connectivity index (χ0n) is 9.09. The van der Waals surface area contributed by atoms with Gasteiger partial charge >= 0.3 is 6.18 Å². The van der Waals surface area contributed by atoms with Crippen molar-refractivity contribution in [3.8, 4) is 0 Å². The Labute approximate surface area is 92.9 Å². The lowest BCUT2D eigenvalue weighted by Gasteiger charge is -2.18. The zero-order valence-corrected chi connectivity index (χ0v) is 9.09. The number of rotatable bonds is 4. The number of nitrogen functional groups attached to an aromatic ring is 1. The number of para-hydroxylation sites is 1. The Bertz CT molecular complexity index is 336. The molecule has 2 nitrogen and oxygen atoms in total. The van der Waals surface area contributed by atoms with Gasteiger partial charge in [0, 0.05) is 18.8 Å². The van der Waals surface area contributed by atoms with Crippen LogP contribution in [0.15, 0.2) is 24.3 Å². The van der Waals surface area contributed by atoms with Crippen LogP contribution >= 0.6 is 0 Å². The largest absolute Gasteiger partial charge is 0.398 e. The highest BCUT2D eigenvalue weighted by Crippen LogP contribution is 2.20. The van der Waals surface area contributed by atoms with Crippen LogP contribution in [-0.2, 0) is 6.54 Å². The molecule has 90 valence electrons. The molecule has 0 bridgehead atoms. The lowest BCUT2D eigenvalue weighted by molar-refractivity contribution is -0.137. The van der Waals surface area contributed by atoms with E-state index in [-0.39, 0.29) is 6.54 Å². The Morgan fingerprint density at radius 1 is 1.25 bits per heavy atom. The molecule has 0 unspecified atom stereocenters. The standard InChI is InChI=1S/C11H15F3N2/c1-16(7-6-11(12,13)14)8-9-4-2-3-5-10(9)15/h2-5H,6-8,15H2,1H3. The van der Waals surface area contributed by atoms with Gasteiger partial charge in [-0.3, -0.25) is 0 Å². The third-order valence-electron chi connectivity index (χ3n) is 2.27. The van der Waals surface area contributed by atoms with Crippen LogP contribution < -0.4 is 5.73 Å². The molecule has 0 saturated heterocycles. The number of hydrogen-bond donors (Lipinski definition) is 1. The van der Waals surface area contributed by atoms with Gasteiger partial charge in [-0.1, -0.05) is 18.2 Å². The Kier molecular flexibility index (Phi) is 4.18. The number of halogens is 3. The minimum absolute atomic E-state index is 0.0160. The molecule has 0 heterocycles. The summed E-state index contributed by atoms with van der Waals surface area (Å²) in [5.41, 5.74) is 7.17. The van der Waals surface area contributed by atoms with Gasteiger partial charge in [-0.2, -0.15) is 13.2 Å². The summed E-state index contributed by atoms with van der Waals surface area (Å²) < 4.78 is 35.9. The van der Waals surface area contributed by atoms with Crippen molar-refractivity contribution in [3.05, 3.63) is 29.8 Å². The van der Waals surface area contributed by atoms with E-state index in [0.29, 0.717) is 12.2 Å². The SMILES string of the molecule is CN(CCC(F)(F)F)Cc1ccccc1N. The number of benzene rings is 1. The first-order valence-electron chi connectivity index (χ1n) is 4.97. The van der Waals surface area contributed by atoms with E-state index < -0.39 is 12.6 Å². The molecule has 0 aliphatic rings. The maximum Gasteiger partial charge on any atom is 0.390 e. The quantitative estimate of drug-likeness (QED) is 0.809. The van der Waals surface area contributed by atoms with Crippen molar-refractivity contribution < 1.29 is 13.2 Å². The zero-order chi connectivity index (χ0) is 12.2. The fourth-order valence-corrected chi connectivity index (χ4v) is 1.37. The highest BCUT2D eigenvalue weighted by molar-refractivity contribution is 5.46. The molecule has 0 amide bonds. The van der Waals surface area contributed by atoms with Crippen LogP contribution in [0, 0.1) is 0 Å². The Morgan fingerprint density at radius 3 is 2.44 bits per heavy atom. The van der Waals surface area contributed by atoms with Crippen molar-refractivity contribution in [2.75, 3.05) is 19.3 Å². The van der Waals surface area contributed by atoms with Crippen LogP contribution in [0.2, 0.25) is 0 Å². The van der Waals surface area contributed by atoms with Crippen LogP contribution in [0.1, 0.15) is 12.0 Å². The van der Waals surface area contributed by atoms with Gasteiger partial charge in [0.05, 0.1) is 6.42 Å². The van der Waals surface area contributed by atoms with Crippen molar-refractivity contribution in [1.82, 2.24) is 4.90 Å². The first-order chi connectivity index (χ1) is 7.38. The van der Waals surface area contributed by atoms with Crippen molar-refractivity contribution >= 4 is 5.69 Å². The molecule has 16 heavy (non-hydrogen) atoms. The predicted octanol–water partition coefficient (Wildman–Crippen LogP) is 2.65. The van der Waals surface area contributed by atoms with E-state index in [1.165, 1.54) is 0 Å². The van der Waals surface area contributed by atoms with E-state index in [0.717, 1.165) is 5.56 Å². The first kappa shape index (κ1) is 12.8. The molecule has 0 aliphatic carbocycles. The van der Waals surface area contributed by atoms with E-state index in [9.17, 15) is 13.2 Å². The number of alkyl halides is 3. The topological polar surface area (TPSA) is 29.3 Å². The average molecular weight is 232 g/mol. The van der Waals surface area contributed by atoms with Gasteiger partial charge in [0.2, 0.25) is 0 Å².